The summed E-state index contributed by atoms with van der Waals surface area (Å²) >= 11 is 0. The van der Waals surface area contributed by atoms with Crippen LogP contribution in [0.25, 0.3) is 0 Å². The first-order valence-corrected chi connectivity index (χ1v) is 7.44. The summed E-state index contributed by atoms with van der Waals surface area (Å²) in [6.45, 7) is 10.3. The molecular formula is C13H23KNO2S. The summed E-state index contributed by atoms with van der Waals surface area (Å²) in [5, 5.41) is 4.62. The van der Waals surface area contributed by atoms with Gasteiger partial charge in [-0.15, -0.1) is 0 Å². The summed E-state index contributed by atoms with van der Waals surface area (Å²) in [4.78, 5) is 0. The van der Waals surface area contributed by atoms with Crippen LogP contribution in [0.3, 0.4) is 0 Å². The van der Waals surface area contributed by atoms with Crippen molar-refractivity contribution in [3.8, 4) is 0 Å². The normalized spacial score (nSPS) is 23.2. The number of nitrogens with two attached hydrogens (primary N) is 1. The van der Waals surface area contributed by atoms with E-state index in [1.807, 2.05) is 26.0 Å². The molecule has 0 aromatic carbocycles. The van der Waals surface area contributed by atoms with Crippen LogP contribution in [-0.4, -0.2) is 65.1 Å². The Hall–Kier alpha value is 1.03. The van der Waals surface area contributed by atoms with E-state index in [1.165, 1.54) is 5.57 Å². The van der Waals surface area contributed by atoms with Crippen molar-refractivity contribution in [2.45, 2.75) is 46.3 Å². The summed E-state index contributed by atoms with van der Waals surface area (Å²) in [5.74, 6) is 0. The number of sulfonamides is 1. The third kappa shape index (κ3) is 5.57. The van der Waals surface area contributed by atoms with E-state index in [-0.39, 0.29) is 56.8 Å². The number of rotatable bonds is 2. The van der Waals surface area contributed by atoms with Crippen LogP contribution >= 0.6 is 0 Å². The summed E-state index contributed by atoms with van der Waals surface area (Å²) in [6.07, 6.45) is 6.58. The fraction of sp³-hybridized carbons (Fsp3) is 0.692. The van der Waals surface area contributed by atoms with Crippen molar-refractivity contribution in [1.29, 1.82) is 0 Å². The van der Waals surface area contributed by atoms with Gasteiger partial charge in [-0.1, -0.05) is 58.4 Å². The van der Waals surface area contributed by atoms with E-state index in [1.54, 1.807) is 6.08 Å². The van der Waals surface area contributed by atoms with Crippen LogP contribution in [0.2, 0.25) is 0 Å². The van der Waals surface area contributed by atoms with Crippen molar-refractivity contribution < 1.29 is 8.42 Å². The molecule has 0 aromatic rings. The van der Waals surface area contributed by atoms with Gasteiger partial charge in [0.15, 0.2) is 0 Å². The van der Waals surface area contributed by atoms with E-state index in [0.29, 0.717) is 0 Å². The number of hydrogen-bond acceptors (Lipinski definition) is 2. The quantitative estimate of drug-likeness (QED) is 0.794. The van der Waals surface area contributed by atoms with Crippen LogP contribution in [-0.2, 0) is 10.0 Å². The van der Waals surface area contributed by atoms with E-state index in [9.17, 15) is 8.42 Å². The fourth-order valence-corrected chi connectivity index (χ4v) is 3.53. The second-order valence-corrected chi connectivity index (χ2v) is 8.33. The zero-order chi connectivity index (χ0) is 13.5. The molecule has 0 heterocycles. The molecular weight excluding hydrogens is 273 g/mol. The molecule has 3 nitrogen and oxygen atoms in total. The Bertz CT molecular complexity index is 456. The topological polar surface area (TPSA) is 60.2 Å². The average molecular weight is 296 g/mol. The molecule has 0 saturated carbocycles. The minimum Gasteiger partial charge on any atom is -0.228 e. The van der Waals surface area contributed by atoms with E-state index in [2.05, 4.69) is 20.8 Å². The number of primary sulfonamides is 1. The van der Waals surface area contributed by atoms with Crippen molar-refractivity contribution in [2.75, 3.05) is 0 Å². The van der Waals surface area contributed by atoms with Crippen LogP contribution in [0, 0.1) is 10.8 Å². The maximum absolute atomic E-state index is 11.5. The molecule has 5 heteroatoms. The van der Waals surface area contributed by atoms with Gasteiger partial charge in [0, 0.05) is 56.8 Å². The van der Waals surface area contributed by atoms with Crippen LogP contribution in [0.5, 0.6) is 0 Å². The third-order valence-corrected chi connectivity index (χ3v) is 4.34. The predicted octanol–water partition coefficient (Wildman–Crippen LogP) is 2.22. The van der Waals surface area contributed by atoms with Crippen molar-refractivity contribution >= 4 is 61.4 Å². The largest absolute Gasteiger partial charge is 0.228 e. The molecule has 1 atom stereocenters. The molecule has 1 rings (SSSR count). The van der Waals surface area contributed by atoms with E-state index in [4.69, 9.17) is 5.14 Å². The first-order chi connectivity index (χ1) is 7.42. The van der Waals surface area contributed by atoms with Crippen LogP contribution in [0.4, 0.5) is 0 Å². The van der Waals surface area contributed by atoms with Gasteiger partial charge >= 0.3 is 0 Å². The molecule has 0 saturated heterocycles. The van der Waals surface area contributed by atoms with Gasteiger partial charge in [0.05, 0.1) is 0 Å². The van der Waals surface area contributed by atoms with Gasteiger partial charge in [-0.25, -0.2) is 13.6 Å². The predicted molar refractivity (Wildman–Crippen MR) is 77.7 cm³/mol. The second-order valence-electron chi connectivity index (χ2n) is 6.65. The minimum absolute atomic E-state index is 0. The zero-order valence-corrected chi connectivity index (χ0v) is 16.3. The smallest absolute Gasteiger partial charge is 0.216 e. The van der Waals surface area contributed by atoms with Crippen LogP contribution in [0.1, 0.15) is 41.0 Å². The van der Waals surface area contributed by atoms with Crippen molar-refractivity contribution in [1.82, 2.24) is 0 Å². The van der Waals surface area contributed by atoms with Crippen LogP contribution < -0.4 is 5.14 Å². The van der Waals surface area contributed by atoms with Gasteiger partial charge in [-0.3, -0.25) is 0 Å². The standard InChI is InChI=1S/C13H23NO2S.K/c1-12(2,3)8-10-6-7-11(17(14,15)16)13(4,5)9-10;/h6-7,9,11H,8H2,1-5H3,(H2,14,15,16);. The molecule has 18 heavy (non-hydrogen) atoms. The van der Waals surface area contributed by atoms with Gasteiger partial charge in [-0.05, 0) is 11.8 Å². The molecule has 1 radical (unpaired) electrons. The van der Waals surface area contributed by atoms with Crippen molar-refractivity contribution in [3.05, 3.63) is 23.8 Å². The van der Waals surface area contributed by atoms with Crippen molar-refractivity contribution in [2.24, 2.45) is 16.0 Å². The van der Waals surface area contributed by atoms with Gasteiger partial charge in [-0.2, -0.15) is 0 Å². The molecule has 1 unspecified atom stereocenters. The first-order valence-electron chi connectivity index (χ1n) is 5.83. The third-order valence-electron chi connectivity index (χ3n) is 2.86. The minimum atomic E-state index is -3.53. The summed E-state index contributed by atoms with van der Waals surface area (Å²) in [7, 11) is -3.53. The SMILES string of the molecule is CC(C)(C)CC1=CC(C)(C)C(S(N)(=O)=O)C=C1.[K]. The number of hydrogen-bond donors (Lipinski definition) is 1. The molecule has 0 aliphatic heterocycles. The molecule has 0 spiro atoms. The number of allylic oxidation sites excluding steroid dienone is 3. The van der Waals surface area contributed by atoms with Crippen LogP contribution in [0.15, 0.2) is 23.8 Å². The molecule has 0 amide bonds. The van der Waals surface area contributed by atoms with Gasteiger partial charge < -0.3 is 0 Å². The van der Waals surface area contributed by atoms with E-state index in [0.717, 1.165) is 6.42 Å². The zero-order valence-electron chi connectivity index (χ0n) is 12.3. The molecule has 1 aliphatic rings. The molecule has 99 valence electrons. The molecule has 1 aliphatic carbocycles. The molecule has 0 fully saturated rings. The Morgan fingerprint density at radius 3 is 2.17 bits per heavy atom. The van der Waals surface area contributed by atoms with E-state index >= 15 is 0 Å². The monoisotopic (exact) mass is 296 g/mol. The Morgan fingerprint density at radius 2 is 1.83 bits per heavy atom. The van der Waals surface area contributed by atoms with E-state index < -0.39 is 20.7 Å². The first kappa shape index (κ1) is 19.0. The van der Waals surface area contributed by atoms with Crippen molar-refractivity contribution in [3.63, 3.8) is 0 Å². The second kappa shape index (κ2) is 6.20. The summed E-state index contributed by atoms with van der Waals surface area (Å²) in [5.41, 5.74) is 0.936. The average Bonchev–Trinajstić information content (AvgIpc) is 1.94. The molecule has 0 aromatic heterocycles. The Labute approximate surface area is 154 Å². The van der Waals surface area contributed by atoms with Gasteiger partial charge in [0.1, 0.15) is 5.25 Å². The summed E-state index contributed by atoms with van der Waals surface area (Å²) in [6, 6.07) is 0. The maximum Gasteiger partial charge on any atom is 0.216 e. The van der Waals surface area contributed by atoms with Gasteiger partial charge in [0.25, 0.3) is 0 Å². The maximum atomic E-state index is 11.5. The summed E-state index contributed by atoms with van der Waals surface area (Å²) < 4.78 is 23.0. The Morgan fingerprint density at radius 1 is 1.33 bits per heavy atom. The molecule has 2 N–H and O–H groups in total. The molecule has 0 bridgehead atoms. The fourth-order valence-electron chi connectivity index (χ4n) is 2.32. The Kier molecular flexibility index (Phi) is 6.56. The van der Waals surface area contributed by atoms with Gasteiger partial charge in [0.2, 0.25) is 10.0 Å². The Balaban J connectivity index is 0.00000289.